The number of nitrogen functional groups attached to an aromatic ring is 1. The summed E-state index contributed by atoms with van der Waals surface area (Å²) >= 11 is 0. The molecule has 1 nitrogen and oxygen atoms in total. The van der Waals surface area contributed by atoms with Crippen molar-refractivity contribution >= 4 is 5.69 Å². The molecule has 0 aliphatic heterocycles. The monoisotopic (exact) mass is 237 g/mol. The molecule has 0 radical (unpaired) electrons. The highest BCUT2D eigenvalue weighted by Crippen LogP contribution is 2.32. The molecule has 0 saturated heterocycles. The lowest BCUT2D eigenvalue weighted by atomic mass is 10.00. The summed E-state index contributed by atoms with van der Waals surface area (Å²) < 4.78 is 40.5. The minimum atomic E-state index is -0.759. The van der Waals surface area contributed by atoms with Crippen LogP contribution >= 0.6 is 0 Å². The Kier molecular flexibility index (Phi) is 2.79. The van der Waals surface area contributed by atoms with Crippen molar-refractivity contribution < 1.29 is 13.2 Å². The van der Waals surface area contributed by atoms with Gasteiger partial charge in [0.25, 0.3) is 0 Å². The fourth-order valence-electron chi connectivity index (χ4n) is 1.65. The Morgan fingerprint density at radius 2 is 1.71 bits per heavy atom. The van der Waals surface area contributed by atoms with Gasteiger partial charge in [-0.05, 0) is 36.8 Å². The lowest BCUT2D eigenvalue weighted by molar-refractivity contribution is 0.583. The molecule has 2 aromatic rings. The van der Waals surface area contributed by atoms with Gasteiger partial charge >= 0.3 is 0 Å². The Morgan fingerprint density at radius 3 is 2.41 bits per heavy atom. The van der Waals surface area contributed by atoms with Crippen molar-refractivity contribution in [3.05, 3.63) is 53.3 Å². The van der Waals surface area contributed by atoms with Gasteiger partial charge in [0.15, 0.2) is 0 Å². The number of rotatable bonds is 1. The zero-order valence-corrected chi connectivity index (χ0v) is 9.10. The van der Waals surface area contributed by atoms with Crippen LogP contribution in [0.3, 0.4) is 0 Å². The van der Waals surface area contributed by atoms with Crippen molar-refractivity contribution in [2.75, 3.05) is 5.73 Å². The highest BCUT2D eigenvalue weighted by molar-refractivity contribution is 5.77. The predicted octanol–water partition coefficient (Wildman–Crippen LogP) is 3.66. The molecule has 0 aliphatic rings. The van der Waals surface area contributed by atoms with E-state index < -0.39 is 17.5 Å². The fourth-order valence-corrected chi connectivity index (χ4v) is 1.65. The second-order valence-corrected chi connectivity index (χ2v) is 3.78. The molecule has 0 unspecified atom stereocenters. The minimum Gasteiger partial charge on any atom is -0.398 e. The molecule has 0 fully saturated rings. The lowest BCUT2D eigenvalue weighted by Crippen LogP contribution is -1.98. The number of hydrogen-bond acceptors (Lipinski definition) is 1. The molecule has 2 N–H and O–H groups in total. The number of hydrogen-bond donors (Lipinski definition) is 1. The third-order valence-electron chi connectivity index (χ3n) is 2.57. The first-order chi connectivity index (χ1) is 8.00. The second-order valence-electron chi connectivity index (χ2n) is 3.78. The Hall–Kier alpha value is -1.97. The molecule has 4 heteroatoms. The third-order valence-corrected chi connectivity index (χ3v) is 2.57. The topological polar surface area (TPSA) is 26.0 Å². The van der Waals surface area contributed by atoms with Gasteiger partial charge in [0.05, 0.1) is 5.56 Å². The van der Waals surface area contributed by atoms with E-state index in [1.54, 1.807) is 0 Å². The highest BCUT2D eigenvalue weighted by atomic mass is 19.1. The van der Waals surface area contributed by atoms with Gasteiger partial charge in [-0.1, -0.05) is 6.07 Å². The molecule has 0 aromatic heterocycles. The van der Waals surface area contributed by atoms with Crippen LogP contribution in [0.2, 0.25) is 0 Å². The first-order valence-corrected chi connectivity index (χ1v) is 5.00. The fraction of sp³-hybridized carbons (Fsp3) is 0.0769. The van der Waals surface area contributed by atoms with E-state index in [0.29, 0.717) is 0 Å². The number of aryl methyl sites for hydroxylation is 1. The van der Waals surface area contributed by atoms with Gasteiger partial charge in [0.2, 0.25) is 0 Å². The van der Waals surface area contributed by atoms with Crippen molar-refractivity contribution in [3.63, 3.8) is 0 Å². The van der Waals surface area contributed by atoms with Crippen LogP contribution in [0.5, 0.6) is 0 Å². The van der Waals surface area contributed by atoms with E-state index >= 15 is 0 Å². The summed E-state index contributed by atoms with van der Waals surface area (Å²) in [6.45, 7) is 1.51. The van der Waals surface area contributed by atoms with E-state index in [-0.39, 0.29) is 22.4 Å². The van der Waals surface area contributed by atoms with Crippen LogP contribution in [-0.4, -0.2) is 0 Å². The molecular weight excluding hydrogens is 227 g/mol. The summed E-state index contributed by atoms with van der Waals surface area (Å²) in [6.07, 6.45) is 0. The van der Waals surface area contributed by atoms with Crippen LogP contribution < -0.4 is 5.73 Å². The number of benzene rings is 2. The van der Waals surface area contributed by atoms with E-state index in [1.165, 1.54) is 19.1 Å². The van der Waals surface area contributed by atoms with Crippen LogP contribution in [0.15, 0.2) is 30.3 Å². The van der Waals surface area contributed by atoms with Gasteiger partial charge in [-0.2, -0.15) is 0 Å². The molecule has 2 aromatic carbocycles. The van der Waals surface area contributed by atoms with Crippen molar-refractivity contribution in [3.8, 4) is 11.1 Å². The van der Waals surface area contributed by atoms with Gasteiger partial charge in [0.1, 0.15) is 17.5 Å². The lowest BCUT2D eigenvalue weighted by Gasteiger charge is -2.10. The normalized spacial score (nSPS) is 10.6. The van der Waals surface area contributed by atoms with E-state index in [1.807, 2.05) is 0 Å². The zero-order chi connectivity index (χ0) is 12.6. The Morgan fingerprint density at radius 1 is 1.00 bits per heavy atom. The van der Waals surface area contributed by atoms with Gasteiger partial charge in [-0.15, -0.1) is 0 Å². The summed E-state index contributed by atoms with van der Waals surface area (Å²) in [5, 5.41) is 0. The van der Waals surface area contributed by atoms with Gasteiger partial charge < -0.3 is 5.73 Å². The summed E-state index contributed by atoms with van der Waals surface area (Å²) in [6, 6.07) is 5.91. The van der Waals surface area contributed by atoms with Gasteiger partial charge in [-0.25, -0.2) is 13.2 Å². The average molecular weight is 237 g/mol. The van der Waals surface area contributed by atoms with Crippen LogP contribution in [-0.2, 0) is 0 Å². The molecule has 17 heavy (non-hydrogen) atoms. The molecular formula is C13H10F3N. The standard InChI is InChI=1S/C13H10F3N/c1-7-2-4-10(15)12(13(7)16)9-6-8(14)3-5-11(9)17/h2-6H,17H2,1H3. The highest BCUT2D eigenvalue weighted by Gasteiger charge is 2.16. The smallest absolute Gasteiger partial charge is 0.136 e. The van der Waals surface area contributed by atoms with E-state index in [2.05, 4.69) is 0 Å². The number of halogens is 3. The molecule has 0 bridgehead atoms. The zero-order valence-electron chi connectivity index (χ0n) is 9.10. The van der Waals surface area contributed by atoms with Crippen molar-refractivity contribution in [1.29, 1.82) is 0 Å². The molecule has 0 atom stereocenters. The number of nitrogens with two attached hydrogens (primary N) is 1. The molecule has 0 heterocycles. The molecule has 0 spiro atoms. The van der Waals surface area contributed by atoms with Crippen molar-refractivity contribution in [1.82, 2.24) is 0 Å². The van der Waals surface area contributed by atoms with Crippen LogP contribution in [0.4, 0.5) is 18.9 Å². The van der Waals surface area contributed by atoms with Gasteiger partial charge in [0, 0.05) is 11.3 Å². The maximum absolute atomic E-state index is 13.8. The summed E-state index contributed by atoms with van der Waals surface area (Å²) in [7, 11) is 0. The van der Waals surface area contributed by atoms with Crippen LogP contribution in [0, 0.1) is 24.4 Å². The van der Waals surface area contributed by atoms with Crippen molar-refractivity contribution in [2.24, 2.45) is 0 Å². The van der Waals surface area contributed by atoms with Gasteiger partial charge in [-0.3, -0.25) is 0 Å². The Bertz CT molecular complexity index is 579. The largest absolute Gasteiger partial charge is 0.398 e. The maximum Gasteiger partial charge on any atom is 0.136 e. The van der Waals surface area contributed by atoms with E-state index in [4.69, 9.17) is 5.73 Å². The Balaban J connectivity index is 2.76. The van der Waals surface area contributed by atoms with E-state index in [9.17, 15) is 13.2 Å². The summed E-state index contributed by atoms with van der Waals surface area (Å²) in [5.41, 5.74) is 5.77. The first kappa shape index (κ1) is 11.5. The Labute approximate surface area is 96.7 Å². The first-order valence-electron chi connectivity index (χ1n) is 5.00. The molecule has 0 aliphatic carbocycles. The number of anilines is 1. The summed E-state index contributed by atoms with van der Waals surface area (Å²) in [4.78, 5) is 0. The molecule has 88 valence electrons. The average Bonchev–Trinajstić information content (AvgIpc) is 2.29. The summed E-state index contributed by atoms with van der Waals surface area (Å²) in [5.74, 6) is -2.07. The minimum absolute atomic E-state index is 0.0312. The van der Waals surface area contributed by atoms with Crippen LogP contribution in [0.1, 0.15) is 5.56 Å². The molecule has 0 saturated carbocycles. The van der Waals surface area contributed by atoms with Crippen molar-refractivity contribution in [2.45, 2.75) is 6.92 Å². The van der Waals surface area contributed by atoms with Crippen LogP contribution in [0.25, 0.3) is 11.1 Å². The molecule has 2 rings (SSSR count). The second kappa shape index (κ2) is 4.13. The maximum atomic E-state index is 13.8. The third kappa shape index (κ3) is 1.98. The SMILES string of the molecule is Cc1ccc(F)c(-c2cc(F)ccc2N)c1F. The predicted molar refractivity (Wildman–Crippen MR) is 60.9 cm³/mol. The van der Waals surface area contributed by atoms with E-state index in [0.717, 1.165) is 18.2 Å². The molecule has 0 amide bonds. The quantitative estimate of drug-likeness (QED) is 0.752.